The van der Waals surface area contributed by atoms with Crippen molar-refractivity contribution in [3.63, 3.8) is 0 Å². The highest BCUT2D eigenvalue weighted by Crippen LogP contribution is 2.27. The van der Waals surface area contributed by atoms with Crippen molar-refractivity contribution in [1.82, 2.24) is 4.98 Å². The second-order valence-corrected chi connectivity index (χ2v) is 4.53. The van der Waals surface area contributed by atoms with Gasteiger partial charge in [-0.05, 0) is 25.0 Å². The fourth-order valence-corrected chi connectivity index (χ4v) is 2.33. The van der Waals surface area contributed by atoms with Crippen molar-refractivity contribution in [3.05, 3.63) is 41.0 Å². The Kier molecular flexibility index (Phi) is 2.84. The Morgan fingerprint density at radius 2 is 1.93 bits per heavy atom. The first-order valence-electron chi connectivity index (χ1n) is 4.94. The number of aromatic nitrogens is 1. The Hall–Kier alpha value is -1.19. The van der Waals surface area contributed by atoms with E-state index in [1.807, 2.05) is 19.4 Å². The molecule has 0 radical (unpaired) electrons. The molecule has 0 aliphatic carbocycles. The Morgan fingerprint density at radius 3 is 2.40 bits per heavy atom. The van der Waals surface area contributed by atoms with Gasteiger partial charge in [-0.25, -0.2) is 4.98 Å². The van der Waals surface area contributed by atoms with Crippen molar-refractivity contribution in [2.24, 2.45) is 5.73 Å². The van der Waals surface area contributed by atoms with Crippen LogP contribution in [0.15, 0.2) is 29.8 Å². The normalized spacial score (nSPS) is 12.7. The topological polar surface area (TPSA) is 38.9 Å². The molecule has 15 heavy (non-hydrogen) atoms. The summed E-state index contributed by atoms with van der Waals surface area (Å²) in [4.78, 5) is 5.49. The summed E-state index contributed by atoms with van der Waals surface area (Å²) >= 11 is 1.67. The van der Waals surface area contributed by atoms with Gasteiger partial charge in [-0.2, -0.15) is 0 Å². The van der Waals surface area contributed by atoms with Gasteiger partial charge in [0.1, 0.15) is 0 Å². The zero-order chi connectivity index (χ0) is 10.8. The molecule has 1 aromatic carbocycles. The van der Waals surface area contributed by atoms with Crippen molar-refractivity contribution >= 4 is 11.3 Å². The fraction of sp³-hybridized carbons (Fsp3) is 0.250. The summed E-state index contributed by atoms with van der Waals surface area (Å²) < 4.78 is 0. The second kappa shape index (κ2) is 4.13. The summed E-state index contributed by atoms with van der Waals surface area (Å²) in [6.45, 7) is 4.03. The van der Waals surface area contributed by atoms with Crippen LogP contribution >= 0.6 is 11.3 Å². The van der Waals surface area contributed by atoms with E-state index < -0.39 is 0 Å². The summed E-state index contributed by atoms with van der Waals surface area (Å²) in [5.74, 6) is 0. The van der Waals surface area contributed by atoms with Crippen molar-refractivity contribution in [3.8, 4) is 10.4 Å². The molecule has 0 fully saturated rings. The van der Waals surface area contributed by atoms with Crippen LogP contribution in [0, 0.1) is 6.92 Å². The van der Waals surface area contributed by atoms with E-state index in [-0.39, 0.29) is 6.04 Å². The average Bonchev–Trinajstić information content (AvgIpc) is 2.65. The summed E-state index contributed by atoms with van der Waals surface area (Å²) in [6, 6.07) is 8.48. The zero-order valence-electron chi connectivity index (χ0n) is 8.90. The number of hydrogen-bond donors (Lipinski definition) is 1. The SMILES string of the molecule is Cc1ncsc1-c1ccc([C@H](C)N)cc1. The Balaban J connectivity index is 2.36. The summed E-state index contributed by atoms with van der Waals surface area (Å²) in [7, 11) is 0. The lowest BCUT2D eigenvalue weighted by Crippen LogP contribution is -2.04. The van der Waals surface area contributed by atoms with Crippen LogP contribution in [0.2, 0.25) is 0 Å². The van der Waals surface area contributed by atoms with Gasteiger partial charge in [0, 0.05) is 6.04 Å². The summed E-state index contributed by atoms with van der Waals surface area (Å²) in [6.07, 6.45) is 0. The molecule has 2 rings (SSSR count). The van der Waals surface area contributed by atoms with Crippen LogP contribution < -0.4 is 5.73 Å². The Morgan fingerprint density at radius 1 is 1.27 bits per heavy atom. The lowest BCUT2D eigenvalue weighted by molar-refractivity contribution is 0.818. The van der Waals surface area contributed by atoms with Crippen molar-refractivity contribution in [2.45, 2.75) is 19.9 Å². The van der Waals surface area contributed by atoms with E-state index in [1.165, 1.54) is 16.0 Å². The molecule has 1 atom stereocenters. The minimum absolute atomic E-state index is 0.0987. The van der Waals surface area contributed by atoms with E-state index in [0.717, 1.165) is 5.69 Å². The quantitative estimate of drug-likeness (QED) is 0.841. The molecule has 2 aromatic rings. The standard InChI is InChI=1S/C12H14N2S/c1-8(13)10-3-5-11(6-4-10)12-9(2)14-7-15-12/h3-8H,13H2,1-2H3/t8-/m0/s1. The smallest absolute Gasteiger partial charge is 0.0801 e. The number of nitrogens with two attached hydrogens (primary N) is 1. The predicted molar refractivity (Wildman–Crippen MR) is 64.9 cm³/mol. The highest BCUT2D eigenvalue weighted by molar-refractivity contribution is 7.13. The molecule has 0 spiro atoms. The van der Waals surface area contributed by atoms with Gasteiger partial charge >= 0.3 is 0 Å². The van der Waals surface area contributed by atoms with Crippen LogP contribution in [0.5, 0.6) is 0 Å². The van der Waals surface area contributed by atoms with Gasteiger partial charge in [0.15, 0.2) is 0 Å². The average molecular weight is 218 g/mol. The molecule has 0 aliphatic heterocycles. The number of thiazole rings is 1. The van der Waals surface area contributed by atoms with Crippen LogP contribution in [-0.2, 0) is 0 Å². The van der Waals surface area contributed by atoms with Gasteiger partial charge in [-0.15, -0.1) is 11.3 Å². The highest BCUT2D eigenvalue weighted by Gasteiger charge is 2.05. The van der Waals surface area contributed by atoms with Crippen LogP contribution in [0.25, 0.3) is 10.4 Å². The molecule has 2 N–H and O–H groups in total. The highest BCUT2D eigenvalue weighted by atomic mass is 32.1. The van der Waals surface area contributed by atoms with Gasteiger partial charge in [0.2, 0.25) is 0 Å². The van der Waals surface area contributed by atoms with Crippen LogP contribution in [-0.4, -0.2) is 4.98 Å². The molecule has 3 heteroatoms. The molecule has 0 saturated heterocycles. The minimum atomic E-state index is 0.0987. The van der Waals surface area contributed by atoms with E-state index in [4.69, 9.17) is 5.73 Å². The molecular weight excluding hydrogens is 204 g/mol. The van der Waals surface area contributed by atoms with E-state index in [2.05, 4.69) is 29.2 Å². The van der Waals surface area contributed by atoms with Crippen LogP contribution in [0.1, 0.15) is 24.2 Å². The van der Waals surface area contributed by atoms with Gasteiger partial charge in [0.05, 0.1) is 16.1 Å². The Labute approximate surface area is 93.8 Å². The maximum atomic E-state index is 5.80. The van der Waals surface area contributed by atoms with E-state index in [1.54, 1.807) is 11.3 Å². The summed E-state index contributed by atoms with van der Waals surface area (Å²) in [5, 5.41) is 0. The molecule has 0 unspecified atom stereocenters. The molecule has 78 valence electrons. The van der Waals surface area contributed by atoms with Crippen molar-refractivity contribution in [2.75, 3.05) is 0 Å². The third-order valence-corrected chi connectivity index (χ3v) is 3.42. The predicted octanol–water partition coefficient (Wildman–Crippen LogP) is 3.14. The number of rotatable bonds is 2. The number of hydrogen-bond acceptors (Lipinski definition) is 3. The van der Waals surface area contributed by atoms with Crippen molar-refractivity contribution in [1.29, 1.82) is 0 Å². The molecule has 0 amide bonds. The van der Waals surface area contributed by atoms with Crippen LogP contribution in [0.4, 0.5) is 0 Å². The molecular formula is C12H14N2S. The number of aryl methyl sites for hydroxylation is 1. The fourth-order valence-electron chi connectivity index (χ4n) is 1.52. The number of benzene rings is 1. The lowest BCUT2D eigenvalue weighted by Gasteiger charge is -2.06. The van der Waals surface area contributed by atoms with E-state index in [0.29, 0.717) is 0 Å². The maximum absolute atomic E-state index is 5.80. The molecule has 1 heterocycles. The Bertz CT molecular complexity index is 443. The maximum Gasteiger partial charge on any atom is 0.0801 e. The first-order chi connectivity index (χ1) is 7.18. The largest absolute Gasteiger partial charge is 0.324 e. The summed E-state index contributed by atoms with van der Waals surface area (Å²) in [5.41, 5.74) is 11.2. The van der Waals surface area contributed by atoms with Gasteiger partial charge in [-0.1, -0.05) is 24.3 Å². The molecule has 1 aromatic heterocycles. The third-order valence-electron chi connectivity index (χ3n) is 2.44. The van der Waals surface area contributed by atoms with Crippen LogP contribution in [0.3, 0.4) is 0 Å². The number of nitrogens with zero attached hydrogens (tertiary/aromatic N) is 1. The van der Waals surface area contributed by atoms with Gasteiger partial charge in [-0.3, -0.25) is 0 Å². The van der Waals surface area contributed by atoms with E-state index in [9.17, 15) is 0 Å². The third kappa shape index (κ3) is 2.08. The monoisotopic (exact) mass is 218 g/mol. The van der Waals surface area contributed by atoms with Gasteiger partial charge < -0.3 is 5.73 Å². The van der Waals surface area contributed by atoms with Crippen molar-refractivity contribution < 1.29 is 0 Å². The first kappa shape index (κ1) is 10.3. The molecule has 0 aliphatic rings. The lowest BCUT2D eigenvalue weighted by atomic mass is 10.1. The zero-order valence-corrected chi connectivity index (χ0v) is 9.71. The van der Waals surface area contributed by atoms with Gasteiger partial charge in [0.25, 0.3) is 0 Å². The minimum Gasteiger partial charge on any atom is -0.324 e. The molecule has 2 nitrogen and oxygen atoms in total. The second-order valence-electron chi connectivity index (χ2n) is 3.68. The first-order valence-corrected chi connectivity index (χ1v) is 5.82. The molecule has 0 bridgehead atoms. The molecule has 0 saturated carbocycles. The van der Waals surface area contributed by atoms with E-state index >= 15 is 0 Å².